The highest BCUT2D eigenvalue weighted by Gasteiger charge is 2.22. The largest absolute Gasteiger partial charge is 0.453 e. The van der Waals surface area contributed by atoms with E-state index in [1.54, 1.807) is 0 Å². The summed E-state index contributed by atoms with van der Waals surface area (Å²) in [6.45, 7) is 4.74. The number of ether oxygens (including phenoxy) is 2. The highest BCUT2D eigenvalue weighted by atomic mass is 16.7. The van der Waals surface area contributed by atoms with Crippen LogP contribution < -0.4 is 14.8 Å². The molecular formula is C14H19NO2. The van der Waals surface area contributed by atoms with Crippen LogP contribution in [0.25, 0.3) is 0 Å². The molecule has 0 spiro atoms. The maximum Gasteiger partial charge on any atom is 0.231 e. The van der Waals surface area contributed by atoms with E-state index < -0.39 is 0 Å². The third-order valence-corrected chi connectivity index (χ3v) is 3.70. The van der Waals surface area contributed by atoms with E-state index in [1.165, 1.54) is 30.5 Å². The van der Waals surface area contributed by atoms with E-state index >= 15 is 0 Å². The van der Waals surface area contributed by atoms with E-state index in [4.69, 9.17) is 9.47 Å². The molecule has 0 saturated carbocycles. The van der Waals surface area contributed by atoms with E-state index in [2.05, 4.69) is 24.4 Å². The standard InChI is InChI=1S/C14H19NO2/c1-10-4-5-12(14-13(10)16-9-17-14)7-11-3-2-6-15-8-11/h4-5,11,15H,2-3,6-9H2,1H3. The van der Waals surface area contributed by atoms with Gasteiger partial charge in [-0.25, -0.2) is 0 Å². The van der Waals surface area contributed by atoms with E-state index in [0.717, 1.165) is 30.4 Å². The van der Waals surface area contributed by atoms with E-state index in [1.807, 2.05) is 0 Å². The normalized spacial score (nSPS) is 22.8. The van der Waals surface area contributed by atoms with Crippen LogP contribution in [0.3, 0.4) is 0 Å². The molecule has 3 rings (SSSR count). The third-order valence-electron chi connectivity index (χ3n) is 3.70. The van der Waals surface area contributed by atoms with Crippen LogP contribution in [0.2, 0.25) is 0 Å². The number of piperidine rings is 1. The molecular weight excluding hydrogens is 214 g/mol. The molecule has 0 bridgehead atoms. The van der Waals surface area contributed by atoms with E-state index in [-0.39, 0.29) is 0 Å². The van der Waals surface area contributed by atoms with Crippen molar-refractivity contribution in [1.29, 1.82) is 0 Å². The van der Waals surface area contributed by atoms with E-state index in [9.17, 15) is 0 Å². The maximum absolute atomic E-state index is 5.61. The van der Waals surface area contributed by atoms with Gasteiger partial charge < -0.3 is 14.8 Å². The van der Waals surface area contributed by atoms with Gasteiger partial charge in [-0.2, -0.15) is 0 Å². The van der Waals surface area contributed by atoms with Crippen molar-refractivity contribution in [2.45, 2.75) is 26.2 Å². The number of nitrogens with one attached hydrogen (secondary N) is 1. The van der Waals surface area contributed by atoms with Crippen LogP contribution in [-0.4, -0.2) is 19.9 Å². The molecule has 1 aromatic rings. The number of fused-ring (bicyclic) bond motifs is 1. The summed E-state index contributed by atoms with van der Waals surface area (Å²) >= 11 is 0. The first-order valence-corrected chi connectivity index (χ1v) is 6.43. The SMILES string of the molecule is Cc1ccc(CC2CCCNC2)c2c1OCO2. The van der Waals surface area contributed by atoms with Gasteiger partial charge in [0.25, 0.3) is 0 Å². The van der Waals surface area contributed by atoms with Crippen molar-refractivity contribution < 1.29 is 9.47 Å². The number of aryl methyl sites for hydroxylation is 1. The first-order valence-electron chi connectivity index (χ1n) is 6.43. The molecule has 1 aromatic carbocycles. The van der Waals surface area contributed by atoms with Gasteiger partial charge in [-0.1, -0.05) is 12.1 Å². The first-order chi connectivity index (χ1) is 8.34. The molecule has 1 fully saturated rings. The zero-order valence-electron chi connectivity index (χ0n) is 10.3. The lowest BCUT2D eigenvalue weighted by atomic mass is 9.91. The van der Waals surface area contributed by atoms with Gasteiger partial charge >= 0.3 is 0 Å². The van der Waals surface area contributed by atoms with Crippen LogP contribution in [0.4, 0.5) is 0 Å². The number of rotatable bonds is 2. The van der Waals surface area contributed by atoms with Gasteiger partial charge in [0.15, 0.2) is 11.5 Å². The summed E-state index contributed by atoms with van der Waals surface area (Å²) in [4.78, 5) is 0. The zero-order valence-corrected chi connectivity index (χ0v) is 10.3. The van der Waals surface area contributed by atoms with Gasteiger partial charge in [-0.3, -0.25) is 0 Å². The Bertz CT molecular complexity index is 411. The quantitative estimate of drug-likeness (QED) is 0.850. The van der Waals surface area contributed by atoms with Crippen molar-refractivity contribution in [3.05, 3.63) is 23.3 Å². The first kappa shape index (κ1) is 10.9. The molecule has 17 heavy (non-hydrogen) atoms. The molecule has 2 aliphatic rings. The topological polar surface area (TPSA) is 30.5 Å². The molecule has 2 heterocycles. The minimum Gasteiger partial charge on any atom is -0.453 e. The van der Waals surface area contributed by atoms with Gasteiger partial charge in [0.2, 0.25) is 6.79 Å². The summed E-state index contributed by atoms with van der Waals surface area (Å²) in [5.41, 5.74) is 2.47. The number of hydrogen-bond donors (Lipinski definition) is 1. The predicted octanol–water partition coefficient (Wildman–Crippen LogP) is 2.27. The second-order valence-corrected chi connectivity index (χ2v) is 5.02. The molecule has 1 unspecified atom stereocenters. The molecule has 0 aromatic heterocycles. The smallest absolute Gasteiger partial charge is 0.231 e. The maximum atomic E-state index is 5.61. The Morgan fingerprint density at radius 3 is 3.00 bits per heavy atom. The van der Waals surface area contributed by atoms with Crippen LogP contribution in [-0.2, 0) is 6.42 Å². The number of benzene rings is 1. The Hall–Kier alpha value is -1.22. The van der Waals surface area contributed by atoms with Crippen molar-refractivity contribution >= 4 is 0 Å². The van der Waals surface area contributed by atoms with Crippen molar-refractivity contribution in [3.63, 3.8) is 0 Å². The predicted molar refractivity (Wildman–Crippen MR) is 66.6 cm³/mol. The van der Waals surface area contributed by atoms with Crippen LogP contribution >= 0.6 is 0 Å². The summed E-state index contributed by atoms with van der Waals surface area (Å²) in [5, 5.41) is 3.46. The zero-order chi connectivity index (χ0) is 11.7. The van der Waals surface area contributed by atoms with E-state index in [0.29, 0.717) is 6.79 Å². The average molecular weight is 233 g/mol. The van der Waals surface area contributed by atoms with Crippen LogP contribution in [0.1, 0.15) is 24.0 Å². The molecule has 3 nitrogen and oxygen atoms in total. The summed E-state index contributed by atoms with van der Waals surface area (Å²) in [6.07, 6.45) is 3.70. The molecule has 0 radical (unpaired) electrons. The molecule has 92 valence electrons. The third kappa shape index (κ3) is 2.12. The van der Waals surface area contributed by atoms with Gasteiger partial charge in [-0.05, 0) is 56.3 Å². The Kier molecular flexibility index (Phi) is 2.93. The Balaban J connectivity index is 1.81. The fraction of sp³-hybridized carbons (Fsp3) is 0.571. The molecule has 2 aliphatic heterocycles. The summed E-state index contributed by atoms with van der Waals surface area (Å²) < 4.78 is 11.1. The highest BCUT2D eigenvalue weighted by Crippen LogP contribution is 2.39. The Morgan fingerprint density at radius 1 is 1.29 bits per heavy atom. The fourth-order valence-electron chi connectivity index (χ4n) is 2.76. The van der Waals surface area contributed by atoms with Crippen molar-refractivity contribution in [2.24, 2.45) is 5.92 Å². The van der Waals surface area contributed by atoms with Crippen LogP contribution in [0.5, 0.6) is 11.5 Å². The molecule has 3 heteroatoms. The number of hydrogen-bond acceptors (Lipinski definition) is 3. The monoisotopic (exact) mass is 233 g/mol. The molecule has 1 N–H and O–H groups in total. The van der Waals surface area contributed by atoms with Gasteiger partial charge in [0.05, 0.1) is 0 Å². The second kappa shape index (κ2) is 4.57. The summed E-state index contributed by atoms with van der Waals surface area (Å²) in [5.74, 6) is 2.67. The lowest BCUT2D eigenvalue weighted by molar-refractivity contribution is 0.172. The summed E-state index contributed by atoms with van der Waals surface area (Å²) in [6, 6.07) is 4.33. The molecule has 0 aliphatic carbocycles. The Labute approximate surface area is 102 Å². The van der Waals surface area contributed by atoms with Gasteiger partial charge in [-0.15, -0.1) is 0 Å². The lowest BCUT2D eigenvalue weighted by Crippen LogP contribution is -2.30. The van der Waals surface area contributed by atoms with Crippen LogP contribution in [0, 0.1) is 12.8 Å². The lowest BCUT2D eigenvalue weighted by Gasteiger charge is -2.23. The van der Waals surface area contributed by atoms with Gasteiger partial charge in [0.1, 0.15) is 0 Å². The molecule has 1 saturated heterocycles. The molecule has 1 atom stereocenters. The minimum absolute atomic E-state index is 0.371. The minimum atomic E-state index is 0.371. The Morgan fingerprint density at radius 2 is 2.18 bits per heavy atom. The highest BCUT2D eigenvalue weighted by molar-refractivity contribution is 5.53. The van der Waals surface area contributed by atoms with Crippen molar-refractivity contribution in [2.75, 3.05) is 19.9 Å². The fourth-order valence-corrected chi connectivity index (χ4v) is 2.76. The van der Waals surface area contributed by atoms with Crippen LogP contribution in [0.15, 0.2) is 12.1 Å². The van der Waals surface area contributed by atoms with Crippen molar-refractivity contribution in [1.82, 2.24) is 5.32 Å². The average Bonchev–Trinajstić information content (AvgIpc) is 2.84. The van der Waals surface area contributed by atoms with Crippen molar-refractivity contribution in [3.8, 4) is 11.5 Å². The second-order valence-electron chi connectivity index (χ2n) is 5.02. The van der Waals surface area contributed by atoms with Gasteiger partial charge in [0, 0.05) is 0 Å². The summed E-state index contributed by atoms with van der Waals surface area (Å²) in [7, 11) is 0. The molecule has 0 amide bonds.